The first-order chi connectivity index (χ1) is 20.4. The van der Waals surface area contributed by atoms with Crippen LogP contribution < -0.4 is 0 Å². The van der Waals surface area contributed by atoms with Crippen molar-refractivity contribution in [3.05, 3.63) is 96.1 Å². The van der Waals surface area contributed by atoms with Crippen LogP contribution >= 0.6 is 0 Å². The van der Waals surface area contributed by atoms with E-state index in [1.165, 1.54) is 4.90 Å². The molecule has 8 heteroatoms. The lowest BCUT2D eigenvalue weighted by Gasteiger charge is -2.41. The van der Waals surface area contributed by atoms with E-state index in [4.69, 9.17) is 9.47 Å². The minimum absolute atomic E-state index is 0.257. The van der Waals surface area contributed by atoms with E-state index in [1.807, 2.05) is 91.9 Å². The van der Waals surface area contributed by atoms with Crippen LogP contribution in [0.2, 0.25) is 0 Å². The van der Waals surface area contributed by atoms with Gasteiger partial charge in [-0.25, -0.2) is 0 Å². The van der Waals surface area contributed by atoms with Gasteiger partial charge in [0.05, 0.1) is 25.2 Å². The summed E-state index contributed by atoms with van der Waals surface area (Å²) in [5.74, 6) is -3.00. The van der Waals surface area contributed by atoms with E-state index in [1.54, 1.807) is 4.90 Å². The number of aliphatic hydroxyl groups excluding tert-OH is 1. The first-order valence-electron chi connectivity index (χ1n) is 15.0. The van der Waals surface area contributed by atoms with Gasteiger partial charge in [-0.15, -0.1) is 0 Å². The van der Waals surface area contributed by atoms with Gasteiger partial charge in [0, 0.05) is 13.1 Å². The average Bonchev–Trinajstić information content (AvgIpc) is 3.40. The van der Waals surface area contributed by atoms with Crippen LogP contribution in [-0.2, 0) is 36.8 Å². The maximum Gasteiger partial charge on any atom is 0.313 e. The van der Waals surface area contributed by atoms with Crippen molar-refractivity contribution in [2.24, 2.45) is 11.8 Å². The summed E-state index contributed by atoms with van der Waals surface area (Å²) in [6.45, 7) is 2.54. The van der Waals surface area contributed by atoms with Gasteiger partial charge in [-0.1, -0.05) is 91.9 Å². The van der Waals surface area contributed by atoms with Crippen molar-refractivity contribution >= 4 is 17.8 Å². The Bertz CT molecular complexity index is 1380. The van der Waals surface area contributed by atoms with E-state index in [0.717, 1.165) is 17.5 Å². The molecule has 2 saturated heterocycles. The molecule has 0 aromatic heterocycles. The first-order valence-corrected chi connectivity index (χ1v) is 15.0. The highest BCUT2D eigenvalue weighted by Crippen LogP contribution is 2.58. The highest BCUT2D eigenvalue weighted by Gasteiger charge is 2.75. The van der Waals surface area contributed by atoms with Crippen LogP contribution in [0.15, 0.2) is 85.0 Å². The SMILES string of the molecule is CC[C@]12/C=C\CCCOC(=O)[C@H]1[C@H]1C(=O)N([C@@H](CO)Cc3ccccc3)C3C(=O)N(Cc4ccccc4)CC=C[C@@]31O2. The number of rotatable bonds is 7. The summed E-state index contributed by atoms with van der Waals surface area (Å²) in [5.41, 5.74) is -0.596. The van der Waals surface area contributed by atoms with Crippen molar-refractivity contribution in [1.82, 2.24) is 9.80 Å². The zero-order chi connectivity index (χ0) is 29.3. The Labute approximate surface area is 246 Å². The van der Waals surface area contributed by atoms with Crippen molar-refractivity contribution in [1.29, 1.82) is 0 Å². The molecule has 42 heavy (non-hydrogen) atoms. The van der Waals surface area contributed by atoms with Crippen LogP contribution in [0, 0.1) is 11.8 Å². The fourth-order valence-corrected chi connectivity index (χ4v) is 7.34. The molecule has 0 aliphatic carbocycles. The number of carbonyl (C=O) groups excluding carboxylic acids is 3. The number of carbonyl (C=O) groups is 3. The van der Waals surface area contributed by atoms with Crippen LogP contribution in [0.3, 0.4) is 0 Å². The maximum atomic E-state index is 14.7. The lowest BCUT2D eigenvalue weighted by Crippen LogP contribution is -2.59. The van der Waals surface area contributed by atoms with Crippen molar-refractivity contribution in [3.8, 4) is 0 Å². The van der Waals surface area contributed by atoms with Crippen molar-refractivity contribution < 1.29 is 29.0 Å². The largest absolute Gasteiger partial charge is 0.465 e. The zero-order valence-electron chi connectivity index (χ0n) is 23.9. The van der Waals surface area contributed by atoms with Gasteiger partial charge in [0.15, 0.2) is 0 Å². The van der Waals surface area contributed by atoms with Gasteiger partial charge in [0.25, 0.3) is 0 Å². The van der Waals surface area contributed by atoms with E-state index in [9.17, 15) is 19.5 Å². The van der Waals surface area contributed by atoms with E-state index in [0.29, 0.717) is 32.4 Å². The topological polar surface area (TPSA) is 96.4 Å². The van der Waals surface area contributed by atoms with Gasteiger partial charge in [0.1, 0.15) is 23.2 Å². The molecule has 0 bridgehead atoms. The molecule has 8 nitrogen and oxygen atoms in total. The van der Waals surface area contributed by atoms with Gasteiger partial charge in [-0.05, 0) is 36.8 Å². The molecular formula is C34H38N2O6. The summed E-state index contributed by atoms with van der Waals surface area (Å²) in [4.78, 5) is 46.4. The number of benzene rings is 2. The molecule has 4 aliphatic heterocycles. The monoisotopic (exact) mass is 570 g/mol. The number of aliphatic hydroxyl groups is 1. The number of hydrogen-bond donors (Lipinski definition) is 1. The molecule has 0 saturated carbocycles. The number of fused-ring (bicyclic) bond motifs is 2. The number of hydrogen-bond acceptors (Lipinski definition) is 6. The van der Waals surface area contributed by atoms with Crippen molar-refractivity contribution in [2.45, 2.75) is 62.4 Å². The molecule has 2 aromatic rings. The van der Waals surface area contributed by atoms with Crippen LogP contribution in [0.5, 0.6) is 0 Å². The highest BCUT2D eigenvalue weighted by atomic mass is 16.6. The molecule has 1 N–H and O–H groups in total. The number of allylic oxidation sites excluding steroid dienone is 1. The second kappa shape index (κ2) is 11.5. The molecule has 6 atom stereocenters. The Morgan fingerprint density at radius 3 is 2.33 bits per heavy atom. The van der Waals surface area contributed by atoms with Crippen LogP contribution in [0.1, 0.15) is 37.3 Å². The van der Waals surface area contributed by atoms with E-state index >= 15 is 0 Å². The molecule has 0 radical (unpaired) electrons. The molecule has 2 fully saturated rings. The number of esters is 1. The molecule has 1 spiro atoms. The highest BCUT2D eigenvalue weighted by molar-refractivity contribution is 5.99. The second-order valence-corrected chi connectivity index (χ2v) is 11.7. The average molecular weight is 571 g/mol. The lowest BCUT2D eigenvalue weighted by atomic mass is 9.73. The third-order valence-electron chi connectivity index (χ3n) is 9.29. The smallest absolute Gasteiger partial charge is 0.313 e. The van der Waals surface area contributed by atoms with Gasteiger partial charge in [0.2, 0.25) is 11.8 Å². The Balaban J connectivity index is 1.48. The van der Waals surface area contributed by atoms with E-state index in [-0.39, 0.29) is 25.0 Å². The standard InChI is InChI=1S/C34H38N2O6/c1-2-33-17-10-5-11-20-41-32(40)28(33)27-30(38)36(26(23-37)21-24-13-6-3-7-14-24)29-31(39)35(19-12-18-34(27,29)42-33)22-25-15-8-4-9-16-25/h3-4,6-10,12-18,26-29,37H,2,5,11,19-23H2,1H3/b17-10-/t26-,27+,28-,29?,33+,34+/m1/s1. The third-order valence-corrected chi connectivity index (χ3v) is 9.29. The van der Waals surface area contributed by atoms with E-state index in [2.05, 4.69) is 0 Å². The van der Waals surface area contributed by atoms with Crippen LogP contribution in [0.4, 0.5) is 0 Å². The fraction of sp³-hybridized carbons (Fsp3) is 0.441. The van der Waals surface area contributed by atoms with Gasteiger partial charge in [-0.2, -0.15) is 0 Å². The Hall–Kier alpha value is -3.75. The first kappa shape index (κ1) is 28.4. The molecule has 4 heterocycles. The minimum atomic E-state index is -1.40. The number of nitrogens with zero attached hydrogens (tertiary/aromatic N) is 2. The van der Waals surface area contributed by atoms with E-state index < -0.39 is 41.1 Å². The Morgan fingerprint density at radius 1 is 0.929 bits per heavy atom. The molecule has 2 aromatic carbocycles. The van der Waals surface area contributed by atoms with Gasteiger partial charge >= 0.3 is 5.97 Å². The predicted octanol–water partition coefficient (Wildman–Crippen LogP) is 3.44. The fourth-order valence-electron chi connectivity index (χ4n) is 7.34. The Kier molecular flexibility index (Phi) is 7.77. The molecular weight excluding hydrogens is 532 g/mol. The normalized spacial score (nSPS) is 32.1. The second-order valence-electron chi connectivity index (χ2n) is 11.7. The molecule has 4 aliphatic rings. The lowest BCUT2D eigenvalue weighted by molar-refractivity contribution is -0.163. The summed E-state index contributed by atoms with van der Waals surface area (Å²) in [6, 6.07) is 17.6. The van der Waals surface area contributed by atoms with Crippen LogP contribution in [-0.4, -0.2) is 75.7 Å². The number of likely N-dealkylation sites (tertiary alicyclic amines) is 1. The summed E-state index contributed by atoms with van der Waals surface area (Å²) in [6.07, 6.45) is 9.85. The Morgan fingerprint density at radius 2 is 1.64 bits per heavy atom. The summed E-state index contributed by atoms with van der Waals surface area (Å²) in [7, 11) is 0. The van der Waals surface area contributed by atoms with Crippen molar-refractivity contribution in [3.63, 3.8) is 0 Å². The minimum Gasteiger partial charge on any atom is -0.465 e. The summed E-state index contributed by atoms with van der Waals surface area (Å²) >= 11 is 0. The van der Waals surface area contributed by atoms with Gasteiger partial charge < -0.3 is 24.4 Å². The van der Waals surface area contributed by atoms with Crippen LogP contribution in [0.25, 0.3) is 0 Å². The molecule has 2 amide bonds. The number of ether oxygens (including phenoxy) is 2. The third kappa shape index (κ3) is 4.67. The summed E-state index contributed by atoms with van der Waals surface area (Å²) in [5, 5.41) is 10.7. The molecule has 6 rings (SSSR count). The summed E-state index contributed by atoms with van der Waals surface area (Å²) < 4.78 is 12.7. The number of amides is 2. The quantitative estimate of drug-likeness (QED) is 0.405. The van der Waals surface area contributed by atoms with Crippen molar-refractivity contribution in [2.75, 3.05) is 19.8 Å². The maximum absolute atomic E-state index is 14.7. The van der Waals surface area contributed by atoms with Gasteiger partial charge in [-0.3, -0.25) is 14.4 Å². The molecule has 1 unspecified atom stereocenters. The number of cyclic esters (lactones) is 1. The predicted molar refractivity (Wildman–Crippen MR) is 156 cm³/mol. The molecule has 220 valence electrons. The zero-order valence-corrected chi connectivity index (χ0v) is 23.9.